The molecule has 1 fully saturated rings. The smallest absolute Gasteiger partial charge is 0.305 e. The van der Waals surface area contributed by atoms with Gasteiger partial charge < -0.3 is 5.32 Å². The zero-order chi connectivity index (χ0) is 18.7. The first kappa shape index (κ1) is 18.9. The Kier molecular flexibility index (Phi) is 5.65. The lowest BCUT2D eigenvalue weighted by atomic mass is 9.94. The molecule has 3 amide bonds. The molecule has 1 atom stereocenters. The van der Waals surface area contributed by atoms with E-state index in [1.54, 1.807) is 0 Å². The van der Waals surface area contributed by atoms with Crippen molar-refractivity contribution >= 4 is 27.5 Å². The summed E-state index contributed by atoms with van der Waals surface area (Å²) in [6, 6.07) is 1.63. The van der Waals surface area contributed by atoms with E-state index in [4.69, 9.17) is 0 Å². The summed E-state index contributed by atoms with van der Waals surface area (Å²) < 4.78 is 19.1. The maximum absolute atomic E-state index is 12.8. The molecule has 26 heavy (non-hydrogen) atoms. The van der Waals surface area contributed by atoms with Crippen LogP contribution >= 0.6 is 0 Å². The van der Waals surface area contributed by atoms with Gasteiger partial charge in [0.15, 0.2) is 0 Å². The normalized spacial score (nSPS) is 22.3. The summed E-state index contributed by atoms with van der Waals surface area (Å²) in [5.41, 5.74) is 5.70. The highest BCUT2D eigenvalue weighted by Crippen LogP contribution is 2.35. The third-order valence-electron chi connectivity index (χ3n) is 5.15. The van der Waals surface area contributed by atoms with Crippen molar-refractivity contribution in [3.05, 3.63) is 28.3 Å². The second-order valence-corrected chi connectivity index (χ2v) is 9.01. The number of nitrogens with one attached hydrogen (secondary N) is 2. The Morgan fingerprint density at radius 1 is 1.19 bits per heavy atom. The first-order valence-corrected chi connectivity index (χ1v) is 11.2. The Morgan fingerprint density at radius 2 is 2.00 bits per heavy atom. The number of nitrogens with zero attached hydrogens (tertiary/aromatic N) is 1. The van der Waals surface area contributed by atoms with Crippen LogP contribution in [0.15, 0.2) is 10.4 Å². The predicted octanol–water partition coefficient (Wildman–Crippen LogP) is 3.52. The minimum Gasteiger partial charge on any atom is -0.305 e. The Labute approximate surface area is 155 Å². The summed E-state index contributed by atoms with van der Waals surface area (Å²) in [6.07, 6.45) is 6.40. The fourth-order valence-electron chi connectivity index (χ4n) is 3.92. The largest absolute Gasteiger partial charge is 0.354 e. The molecular formula is C19H27N3O3S. The first-order valence-electron chi connectivity index (χ1n) is 9.48. The van der Waals surface area contributed by atoms with Gasteiger partial charge in [-0.05, 0) is 67.2 Å². The second-order valence-electron chi connectivity index (χ2n) is 6.94. The lowest BCUT2D eigenvalue weighted by Gasteiger charge is -2.18. The Bertz CT molecular complexity index is 854. The van der Waals surface area contributed by atoms with Gasteiger partial charge in [-0.15, -0.1) is 4.36 Å². The molecule has 0 radical (unpaired) electrons. The highest BCUT2D eigenvalue weighted by atomic mass is 32.2. The van der Waals surface area contributed by atoms with E-state index in [1.165, 1.54) is 16.7 Å². The van der Waals surface area contributed by atoms with Crippen molar-refractivity contribution in [2.24, 2.45) is 4.36 Å². The number of hydrogen-bond acceptors (Lipinski definition) is 3. The number of carbonyl (C=O) groups excluding carboxylic acids is 2. The van der Waals surface area contributed by atoms with Gasteiger partial charge in [-0.25, -0.2) is 9.00 Å². The number of anilines is 1. The van der Waals surface area contributed by atoms with Gasteiger partial charge >= 0.3 is 6.03 Å². The van der Waals surface area contributed by atoms with Crippen LogP contribution in [0.1, 0.15) is 61.8 Å². The van der Waals surface area contributed by atoms with Crippen LogP contribution < -0.4 is 10.0 Å². The molecule has 3 rings (SSSR count). The minimum absolute atomic E-state index is 0.222. The Balaban J connectivity index is 1.94. The zero-order valence-electron chi connectivity index (χ0n) is 15.5. The Morgan fingerprint density at radius 3 is 2.73 bits per heavy atom. The number of carbonyl (C=O) groups is 2. The van der Waals surface area contributed by atoms with E-state index in [0.29, 0.717) is 19.3 Å². The molecule has 2 N–H and O–H groups in total. The van der Waals surface area contributed by atoms with E-state index in [0.717, 1.165) is 43.4 Å². The van der Waals surface area contributed by atoms with Crippen LogP contribution in [0, 0.1) is 0 Å². The lowest BCUT2D eigenvalue weighted by molar-refractivity contribution is -0.119. The molecule has 1 aliphatic heterocycles. The van der Waals surface area contributed by atoms with Crippen molar-refractivity contribution in [1.29, 1.82) is 0 Å². The summed E-state index contributed by atoms with van der Waals surface area (Å²) >= 11 is 0. The molecule has 1 aromatic carbocycles. The molecule has 1 heterocycles. The summed E-state index contributed by atoms with van der Waals surface area (Å²) in [4.78, 5) is 24.3. The average Bonchev–Trinajstić information content (AvgIpc) is 2.99. The van der Waals surface area contributed by atoms with E-state index in [2.05, 4.69) is 34.3 Å². The predicted molar refractivity (Wildman–Crippen MR) is 104 cm³/mol. The third kappa shape index (κ3) is 3.92. The molecule has 6 nitrogen and oxygen atoms in total. The van der Waals surface area contributed by atoms with Crippen LogP contribution in [0.3, 0.4) is 0 Å². The van der Waals surface area contributed by atoms with Gasteiger partial charge in [-0.3, -0.25) is 9.52 Å². The molecule has 1 unspecified atom stereocenters. The van der Waals surface area contributed by atoms with Crippen LogP contribution in [-0.4, -0.2) is 21.9 Å². The van der Waals surface area contributed by atoms with Gasteiger partial charge in [-0.2, -0.15) is 0 Å². The fraction of sp³-hybridized carbons (Fsp3) is 0.579. The topological polar surface area (TPSA) is 87.6 Å². The monoisotopic (exact) mass is 377 g/mol. The van der Waals surface area contributed by atoms with Gasteiger partial charge in [-0.1, -0.05) is 19.9 Å². The molecule has 142 valence electrons. The van der Waals surface area contributed by atoms with E-state index in [9.17, 15) is 13.8 Å². The van der Waals surface area contributed by atoms with Crippen molar-refractivity contribution in [2.45, 2.75) is 65.2 Å². The van der Waals surface area contributed by atoms with Crippen LogP contribution in [0.5, 0.6) is 0 Å². The molecular weight excluding hydrogens is 350 g/mol. The lowest BCUT2D eigenvalue weighted by Crippen LogP contribution is -2.31. The van der Waals surface area contributed by atoms with Crippen molar-refractivity contribution in [1.82, 2.24) is 4.72 Å². The van der Waals surface area contributed by atoms with Gasteiger partial charge in [0.25, 0.3) is 0 Å². The number of amides is 3. The number of aryl methyl sites for hydroxylation is 2. The zero-order valence-corrected chi connectivity index (χ0v) is 16.3. The molecule has 0 aromatic heterocycles. The van der Waals surface area contributed by atoms with Gasteiger partial charge in [0.2, 0.25) is 5.91 Å². The second kappa shape index (κ2) is 7.78. The Hall–Kier alpha value is -1.89. The van der Waals surface area contributed by atoms with Gasteiger partial charge in [0.1, 0.15) is 9.92 Å². The number of benzene rings is 1. The molecule has 1 saturated heterocycles. The average molecular weight is 378 g/mol. The van der Waals surface area contributed by atoms with Gasteiger partial charge in [0.05, 0.1) is 5.75 Å². The standard InChI is InChI=1S/C19H27N3O3S/c1-3-13-12-14-8-7-9-16(14)18(15(13)4-2)20-19(24)22-26(25)11-6-5-10-17(23)21-26/h12H,3-11H2,1-2H3,(H2,20,21,22,23,24,25). The van der Waals surface area contributed by atoms with Gasteiger partial charge in [0, 0.05) is 12.1 Å². The number of fused-ring (bicyclic) bond motifs is 1. The maximum atomic E-state index is 12.8. The van der Waals surface area contributed by atoms with Crippen molar-refractivity contribution < 1.29 is 13.8 Å². The van der Waals surface area contributed by atoms with Crippen molar-refractivity contribution in [2.75, 3.05) is 11.1 Å². The number of rotatable bonds is 3. The molecule has 2 aliphatic rings. The molecule has 0 spiro atoms. The highest BCUT2D eigenvalue weighted by molar-refractivity contribution is 7.92. The van der Waals surface area contributed by atoms with E-state index in [-0.39, 0.29) is 11.7 Å². The summed E-state index contributed by atoms with van der Waals surface area (Å²) in [5.74, 6) is -0.0768. The van der Waals surface area contributed by atoms with E-state index in [1.807, 2.05) is 0 Å². The molecule has 0 saturated carbocycles. The van der Waals surface area contributed by atoms with E-state index >= 15 is 0 Å². The van der Waals surface area contributed by atoms with E-state index < -0.39 is 15.9 Å². The third-order valence-corrected chi connectivity index (χ3v) is 6.99. The molecule has 1 aliphatic carbocycles. The quantitative estimate of drug-likeness (QED) is 0.845. The molecule has 0 bridgehead atoms. The summed E-state index contributed by atoms with van der Waals surface area (Å²) in [6.45, 7) is 4.19. The van der Waals surface area contributed by atoms with Crippen LogP contribution in [0.2, 0.25) is 0 Å². The van der Waals surface area contributed by atoms with Crippen molar-refractivity contribution in [3.8, 4) is 0 Å². The minimum atomic E-state index is -3.03. The van der Waals surface area contributed by atoms with Crippen LogP contribution in [0.4, 0.5) is 10.5 Å². The SMILES string of the molecule is CCc1cc2c(c(NC(=O)N=S3(=O)CCCCC(=O)N3)c1CC)CCC2. The highest BCUT2D eigenvalue weighted by Gasteiger charge is 2.23. The fourth-order valence-corrected chi connectivity index (χ4v) is 5.52. The maximum Gasteiger partial charge on any atom is 0.354 e. The summed E-state index contributed by atoms with van der Waals surface area (Å²) in [7, 11) is -3.03. The first-order chi connectivity index (χ1) is 12.5. The van der Waals surface area contributed by atoms with Crippen LogP contribution in [-0.2, 0) is 40.4 Å². The number of urea groups is 1. The molecule has 1 aromatic rings. The van der Waals surface area contributed by atoms with Crippen molar-refractivity contribution in [3.63, 3.8) is 0 Å². The summed E-state index contributed by atoms with van der Waals surface area (Å²) in [5, 5.41) is 2.91. The molecule has 7 heteroatoms. The number of hydrogen-bond donors (Lipinski definition) is 2. The van der Waals surface area contributed by atoms with Crippen LogP contribution in [0.25, 0.3) is 0 Å².